The summed E-state index contributed by atoms with van der Waals surface area (Å²) in [6.07, 6.45) is 0. The molecule has 2 aromatic heterocycles. The fourth-order valence-corrected chi connectivity index (χ4v) is 5.55. The molecule has 4 aromatic rings. The predicted octanol–water partition coefficient (Wildman–Crippen LogP) is 7.71. The monoisotopic (exact) mass is 362 g/mol. The molecule has 4 heteroatoms. The van der Waals surface area contributed by atoms with Crippen LogP contribution in [0.4, 0.5) is 0 Å². The summed E-state index contributed by atoms with van der Waals surface area (Å²) < 4.78 is 2.53. The average molecular weight is 363 g/mol. The minimum absolute atomic E-state index is 0.781. The van der Waals surface area contributed by atoms with Crippen LogP contribution in [0.3, 0.4) is 0 Å². The highest BCUT2D eigenvalue weighted by molar-refractivity contribution is 7.20. The quantitative estimate of drug-likeness (QED) is 0.325. The van der Waals surface area contributed by atoms with Crippen molar-refractivity contribution < 1.29 is 0 Å². The first-order chi connectivity index (χ1) is 10.5. The molecule has 110 valence electrons. The van der Waals surface area contributed by atoms with E-state index in [0.29, 0.717) is 0 Å². The topological polar surface area (TPSA) is 0 Å². The maximum Gasteiger partial charge on any atom is 0.0425 e. The van der Waals surface area contributed by atoms with Crippen LogP contribution in [0.5, 0.6) is 0 Å². The lowest BCUT2D eigenvalue weighted by molar-refractivity contribution is 1.63. The van der Waals surface area contributed by atoms with E-state index in [1.54, 1.807) is 11.3 Å². The number of fused-ring (bicyclic) bond motifs is 2. The molecule has 0 N–H and O–H groups in total. The van der Waals surface area contributed by atoms with Gasteiger partial charge in [0.1, 0.15) is 0 Å². The van der Waals surface area contributed by atoms with Crippen LogP contribution in [0, 0.1) is 13.8 Å². The minimum atomic E-state index is 0.781. The van der Waals surface area contributed by atoms with Crippen molar-refractivity contribution in [3.63, 3.8) is 0 Å². The number of aryl methyl sites for hydroxylation is 2. The number of halogens is 2. The van der Waals surface area contributed by atoms with Crippen LogP contribution in [-0.2, 0) is 0 Å². The Bertz CT molecular complexity index is 1020. The smallest absolute Gasteiger partial charge is 0.0425 e. The highest BCUT2D eigenvalue weighted by atomic mass is 35.5. The molecule has 2 heterocycles. The maximum atomic E-state index is 6.37. The van der Waals surface area contributed by atoms with Crippen molar-refractivity contribution in [3.05, 3.63) is 56.2 Å². The van der Waals surface area contributed by atoms with Crippen molar-refractivity contribution in [2.45, 2.75) is 13.8 Å². The summed E-state index contributed by atoms with van der Waals surface area (Å²) in [7, 11) is 0. The van der Waals surface area contributed by atoms with Gasteiger partial charge in [-0.3, -0.25) is 0 Å². The molecule has 0 aliphatic carbocycles. The van der Waals surface area contributed by atoms with Gasteiger partial charge in [-0.2, -0.15) is 0 Å². The second kappa shape index (κ2) is 5.24. The van der Waals surface area contributed by atoms with E-state index in [1.165, 1.54) is 41.1 Å². The van der Waals surface area contributed by atoms with Gasteiger partial charge in [-0.25, -0.2) is 0 Å². The summed E-state index contributed by atoms with van der Waals surface area (Å²) in [6.45, 7) is 4.31. The fraction of sp³-hybridized carbons (Fsp3) is 0.111. The Balaban J connectivity index is 2.13. The van der Waals surface area contributed by atoms with Crippen LogP contribution in [0.2, 0.25) is 10.0 Å². The Labute approximate surface area is 146 Å². The standard InChI is InChI=1S/C18H12Cl2S2/c1-9-5-11-6-13(20)7-15(18(11)21-9)17-10(2)22-16-8-12(19)3-4-14(16)17/h3-8H,1-2H3. The van der Waals surface area contributed by atoms with E-state index in [0.717, 1.165) is 10.0 Å². The second-order valence-electron chi connectivity index (χ2n) is 5.40. The van der Waals surface area contributed by atoms with Crippen molar-refractivity contribution in [1.29, 1.82) is 0 Å². The highest BCUT2D eigenvalue weighted by Crippen LogP contribution is 2.44. The Hall–Kier alpha value is -1.06. The third-order valence-corrected chi connectivity index (χ3v) is 6.42. The number of hydrogen-bond acceptors (Lipinski definition) is 2. The molecule has 0 saturated carbocycles. The van der Waals surface area contributed by atoms with Gasteiger partial charge in [-0.05, 0) is 49.6 Å². The van der Waals surface area contributed by atoms with Crippen LogP contribution in [0.1, 0.15) is 9.75 Å². The van der Waals surface area contributed by atoms with Gasteiger partial charge in [0.05, 0.1) is 0 Å². The lowest BCUT2D eigenvalue weighted by atomic mass is 10.0. The van der Waals surface area contributed by atoms with Crippen molar-refractivity contribution in [2.24, 2.45) is 0 Å². The van der Waals surface area contributed by atoms with Crippen LogP contribution in [-0.4, -0.2) is 0 Å². The molecule has 22 heavy (non-hydrogen) atoms. The van der Waals surface area contributed by atoms with E-state index in [4.69, 9.17) is 23.2 Å². The third-order valence-electron chi connectivity index (χ3n) is 3.80. The lowest BCUT2D eigenvalue weighted by Crippen LogP contribution is -1.80. The molecule has 0 nitrogen and oxygen atoms in total. The molecule has 0 amide bonds. The van der Waals surface area contributed by atoms with Crippen LogP contribution in [0.25, 0.3) is 31.3 Å². The lowest BCUT2D eigenvalue weighted by Gasteiger charge is -2.06. The number of hydrogen-bond donors (Lipinski definition) is 0. The molecular formula is C18H12Cl2S2. The first-order valence-corrected chi connectivity index (χ1v) is 9.30. The molecule has 2 aromatic carbocycles. The molecule has 4 rings (SSSR count). The molecule has 0 saturated heterocycles. The van der Waals surface area contributed by atoms with Crippen LogP contribution >= 0.6 is 45.9 Å². The van der Waals surface area contributed by atoms with Crippen LogP contribution in [0.15, 0.2) is 36.4 Å². The molecule has 0 fully saturated rings. The van der Waals surface area contributed by atoms with Gasteiger partial charge in [0.2, 0.25) is 0 Å². The fourth-order valence-electron chi connectivity index (χ4n) is 2.96. The van der Waals surface area contributed by atoms with Gasteiger partial charge in [-0.1, -0.05) is 29.3 Å². The zero-order valence-electron chi connectivity index (χ0n) is 12.0. The summed E-state index contributed by atoms with van der Waals surface area (Å²) >= 11 is 16.1. The largest absolute Gasteiger partial charge is 0.140 e. The molecule has 0 spiro atoms. The van der Waals surface area contributed by atoms with Gasteiger partial charge in [0.15, 0.2) is 0 Å². The summed E-state index contributed by atoms with van der Waals surface area (Å²) in [5, 5.41) is 4.04. The molecule has 0 unspecified atom stereocenters. The van der Waals surface area contributed by atoms with Crippen LogP contribution < -0.4 is 0 Å². The van der Waals surface area contributed by atoms with Crippen molar-refractivity contribution in [3.8, 4) is 11.1 Å². The highest BCUT2D eigenvalue weighted by Gasteiger charge is 2.16. The maximum absolute atomic E-state index is 6.37. The van der Waals surface area contributed by atoms with Gasteiger partial charge in [-0.15, -0.1) is 22.7 Å². The summed E-state index contributed by atoms with van der Waals surface area (Å²) in [5.41, 5.74) is 2.51. The summed E-state index contributed by atoms with van der Waals surface area (Å²) in [5.74, 6) is 0. The van der Waals surface area contributed by atoms with E-state index in [-0.39, 0.29) is 0 Å². The number of thiophene rings is 2. The zero-order valence-corrected chi connectivity index (χ0v) is 15.2. The Morgan fingerprint density at radius 1 is 0.864 bits per heavy atom. The molecule has 0 aliphatic rings. The van der Waals surface area contributed by atoms with E-state index >= 15 is 0 Å². The second-order valence-corrected chi connectivity index (χ2v) is 8.79. The average Bonchev–Trinajstić information content (AvgIpc) is 2.95. The molecular weight excluding hydrogens is 351 g/mol. The minimum Gasteiger partial charge on any atom is -0.140 e. The van der Waals surface area contributed by atoms with Gasteiger partial charge in [0.25, 0.3) is 0 Å². The summed E-state index contributed by atoms with van der Waals surface area (Å²) in [4.78, 5) is 2.60. The summed E-state index contributed by atoms with van der Waals surface area (Å²) in [6, 6.07) is 12.5. The molecule has 0 atom stereocenters. The van der Waals surface area contributed by atoms with Crippen molar-refractivity contribution in [2.75, 3.05) is 0 Å². The van der Waals surface area contributed by atoms with Gasteiger partial charge >= 0.3 is 0 Å². The van der Waals surface area contributed by atoms with E-state index in [1.807, 2.05) is 29.5 Å². The SMILES string of the molecule is Cc1cc2cc(Cl)cc(-c3c(C)sc4cc(Cl)ccc34)c2s1. The van der Waals surface area contributed by atoms with Crippen molar-refractivity contribution >= 4 is 66.0 Å². The number of rotatable bonds is 1. The third kappa shape index (κ3) is 2.26. The Morgan fingerprint density at radius 2 is 1.68 bits per heavy atom. The molecule has 0 radical (unpaired) electrons. The predicted molar refractivity (Wildman–Crippen MR) is 102 cm³/mol. The van der Waals surface area contributed by atoms with Crippen molar-refractivity contribution in [1.82, 2.24) is 0 Å². The molecule has 0 bridgehead atoms. The van der Waals surface area contributed by atoms with E-state index < -0.39 is 0 Å². The first-order valence-electron chi connectivity index (χ1n) is 6.91. The normalized spacial score (nSPS) is 11.6. The van der Waals surface area contributed by atoms with E-state index in [9.17, 15) is 0 Å². The van der Waals surface area contributed by atoms with Gasteiger partial charge in [0, 0.05) is 45.7 Å². The Kier molecular flexibility index (Phi) is 3.46. The first kappa shape index (κ1) is 14.5. The Morgan fingerprint density at radius 3 is 2.50 bits per heavy atom. The van der Waals surface area contributed by atoms with E-state index in [2.05, 4.69) is 32.0 Å². The zero-order chi connectivity index (χ0) is 15.4. The van der Waals surface area contributed by atoms with Gasteiger partial charge < -0.3 is 0 Å². The number of benzene rings is 2. The molecule has 0 aliphatic heterocycles.